The van der Waals surface area contributed by atoms with Crippen molar-refractivity contribution < 1.29 is 5.11 Å². The topological polar surface area (TPSA) is 23.5 Å². The number of rotatable bonds is 5. The molecular formula is C16H31NO. The van der Waals surface area contributed by atoms with Gasteiger partial charge in [-0.1, -0.05) is 26.7 Å². The molecule has 2 fully saturated rings. The summed E-state index contributed by atoms with van der Waals surface area (Å²) in [6, 6.07) is 0.656. The maximum Gasteiger partial charge on any atom is 0.0555 e. The van der Waals surface area contributed by atoms with Gasteiger partial charge in [-0.2, -0.15) is 0 Å². The smallest absolute Gasteiger partial charge is 0.0555 e. The van der Waals surface area contributed by atoms with Crippen molar-refractivity contribution in [3.05, 3.63) is 0 Å². The molecule has 2 atom stereocenters. The average molecular weight is 253 g/mol. The van der Waals surface area contributed by atoms with Crippen LogP contribution < -0.4 is 0 Å². The standard InChI is InChI=1S/C16H31NO/c1-3-11-17(12-4-2)15-13-14(18)7-10-16(15)8-5-6-9-16/h14-15,18H,3-13H2,1-2H3. The molecule has 2 heteroatoms. The van der Waals surface area contributed by atoms with Gasteiger partial charge in [-0.05, 0) is 63.5 Å². The quantitative estimate of drug-likeness (QED) is 0.809. The van der Waals surface area contributed by atoms with Gasteiger partial charge < -0.3 is 5.11 Å². The van der Waals surface area contributed by atoms with E-state index in [9.17, 15) is 5.11 Å². The summed E-state index contributed by atoms with van der Waals surface area (Å²) >= 11 is 0. The molecule has 0 aliphatic heterocycles. The molecule has 2 aliphatic rings. The third-order valence-corrected chi connectivity index (χ3v) is 5.24. The van der Waals surface area contributed by atoms with E-state index in [0.717, 1.165) is 12.8 Å². The predicted octanol–water partition coefficient (Wildman–Crippen LogP) is 3.58. The average Bonchev–Trinajstić information content (AvgIpc) is 2.82. The van der Waals surface area contributed by atoms with Crippen molar-refractivity contribution in [1.82, 2.24) is 4.90 Å². The summed E-state index contributed by atoms with van der Waals surface area (Å²) in [5, 5.41) is 10.1. The first-order valence-corrected chi connectivity index (χ1v) is 8.14. The summed E-state index contributed by atoms with van der Waals surface area (Å²) in [5.41, 5.74) is 0.559. The Morgan fingerprint density at radius 2 is 1.67 bits per heavy atom. The van der Waals surface area contributed by atoms with E-state index in [4.69, 9.17) is 0 Å². The molecule has 0 bridgehead atoms. The van der Waals surface area contributed by atoms with Crippen LogP contribution >= 0.6 is 0 Å². The second-order valence-corrected chi connectivity index (χ2v) is 6.55. The van der Waals surface area contributed by atoms with Crippen LogP contribution in [0.25, 0.3) is 0 Å². The summed E-state index contributed by atoms with van der Waals surface area (Å²) in [4.78, 5) is 2.70. The van der Waals surface area contributed by atoms with Crippen LogP contribution in [0.4, 0.5) is 0 Å². The second-order valence-electron chi connectivity index (χ2n) is 6.55. The SMILES string of the molecule is CCCN(CCC)C1CC(O)CCC12CCCC2. The van der Waals surface area contributed by atoms with Gasteiger partial charge >= 0.3 is 0 Å². The highest BCUT2D eigenvalue weighted by molar-refractivity contribution is 5.00. The molecule has 0 aromatic carbocycles. The van der Waals surface area contributed by atoms with E-state index >= 15 is 0 Å². The number of aliphatic hydroxyl groups excluding tert-OH is 1. The summed E-state index contributed by atoms with van der Waals surface area (Å²) in [5.74, 6) is 0. The maximum atomic E-state index is 10.1. The van der Waals surface area contributed by atoms with Crippen molar-refractivity contribution in [2.75, 3.05) is 13.1 Å². The molecule has 2 nitrogen and oxygen atoms in total. The molecule has 1 spiro atoms. The molecule has 0 saturated heterocycles. The molecule has 0 amide bonds. The Labute approximate surface area is 113 Å². The fourth-order valence-corrected chi connectivity index (χ4v) is 4.44. The van der Waals surface area contributed by atoms with Crippen LogP contribution in [0, 0.1) is 5.41 Å². The van der Waals surface area contributed by atoms with Gasteiger partial charge in [-0.3, -0.25) is 4.90 Å². The molecule has 18 heavy (non-hydrogen) atoms. The van der Waals surface area contributed by atoms with E-state index in [-0.39, 0.29) is 6.10 Å². The first-order valence-electron chi connectivity index (χ1n) is 8.14. The van der Waals surface area contributed by atoms with Gasteiger partial charge in [0, 0.05) is 6.04 Å². The number of hydrogen-bond donors (Lipinski definition) is 1. The highest BCUT2D eigenvalue weighted by Gasteiger charge is 2.46. The molecule has 2 unspecified atom stereocenters. The highest BCUT2D eigenvalue weighted by Crippen LogP contribution is 2.51. The van der Waals surface area contributed by atoms with E-state index in [1.807, 2.05) is 0 Å². The van der Waals surface area contributed by atoms with Crippen molar-refractivity contribution >= 4 is 0 Å². The maximum absolute atomic E-state index is 10.1. The van der Waals surface area contributed by atoms with Gasteiger partial charge in [-0.15, -0.1) is 0 Å². The third-order valence-electron chi connectivity index (χ3n) is 5.24. The second kappa shape index (κ2) is 6.38. The zero-order valence-electron chi connectivity index (χ0n) is 12.3. The number of aliphatic hydroxyl groups is 1. The van der Waals surface area contributed by atoms with Crippen molar-refractivity contribution in [3.63, 3.8) is 0 Å². The summed E-state index contributed by atoms with van der Waals surface area (Å²) in [6.07, 6.45) is 11.4. The van der Waals surface area contributed by atoms with Crippen molar-refractivity contribution in [2.24, 2.45) is 5.41 Å². The molecule has 2 rings (SSSR count). The lowest BCUT2D eigenvalue weighted by Gasteiger charge is -2.49. The van der Waals surface area contributed by atoms with E-state index < -0.39 is 0 Å². The zero-order valence-corrected chi connectivity index (χ0v) is 12.3. The molecule has 0 heterocycles. The first kappa shape index (κ1) is 14.3. The fourth-order valence-electron chi connectivity index (χ4n) is 4.44. The fraction of sp³-hybridized carbons (Fsp3) is 1.00. The van der Waals surface area contributed by atoms with Gasteiger partial charge in [0.15, 0.2) is 0 Å². The van der Waals surface area contributed by atoms with Gasteiger partial charge in [0.1, 0.15) is 0 Å². The molecular weight excluding hydrogens is 222 g/mol. The van der Waals surface area contributed by atoms with Crippen LogP contribution in [0.2, 0.25) is 0 Å². The van der Waals surface area contributed by atoms with Gasteiger partial charge in [0.25, 0.3) is 0 Å². The lowest BCUT2D eigenvalue weighted by atomic mass is 9.67. The third kappa shape index (κ3) is 2.91. The summed E-state index contributed by atoms with van der Waals surface area (Å²) in [7, 11) is 0. The monoisotopic (exact) mass is 253 g/mol. The predicted molar refractivity (Wildman–Crippen MR) is 76.7 cm³/mol. The molecule has 0 aromatic heterocycles. The lowest BCUT2D eigenvalue weighted by Crippen LogP contribution is -2.52. The largest absolute Gasteiger partial charge is 0.393 e. The number of hydrogen-bond acceptors (Lipinski definition) is 2. The van der Waals surface area contributed by atoms with Crippen LogP contribution in [-0.4, -0.2) is 35.2 Å². The van der Waals surface area contributed by atoms with Crippen LogP contribution in [0.3, 0.4) is 0 Å². The normalized spacial score (nSPS) is 31.3. The Hall–Kier alpha value is -0.0800. The van der Waals surface area contributed by atoms with E-state index in [1.54, 1.807) is 0 Å². The minimum absolute atomic E-state index is 0.0440. The van der Waals surface area contributed by atoms with E-state index in [2.05, 4.69) is 18.7 Å². The van der Waals surface area contributed by atoms with Crippen molar-refractivity contribution in [2.45, 2.75) is 83.8 Å². The molecule has 0 aromatic rings. The number of nitrogens with zero attached hydrogens (tertiary/aromatic N) is 1. The molecule has 2 saturated carbocycles. The summed E-state index contributed by atoms with van der Waals surface area (Å²) < 4.78 is 0. The van der Waals surface area contributed by atoms with Crippen molar-refractivity contribution in [3.8, 4) is 0 Å². The highest BCUT2D eigenvalue weighted by atomic mass is 16.3. The Balaban J connectivity index is 2.12. The Morgan fingerprint density at radius 3 is 2.22 bits per heavy atom. The van der Waals surface area contributed by atoms with E-state index in [1.165, 1.54) is 58.0 Å². The minimum atomic E-state index is -0.0440. The molecule has 0 radical (unpaired) electrons. The van der Waals surface area contributed by atoms with Crippen LogP contribution in [0.1, 0.15) is 71.6 Å². The van der Waals surface area contributed by atoms with Crippen LogP contribution in [0.5, 0.6) is 0 Å². The Morgan fingerprint density at radius 1 is 1.06 bits per heavy atom. The molecule has 2 aliphatic carbocycles. The first-order chi connectivity index (χ1) is 8.72. The molecule has 106 valence electrons. The Kier molecular flexibility index (Phi) is 5.08. The Bertz CT molecular complexity index is 241. The zero-order chi connectivity index (χ0) is 13.0. The molecule has 1 N–H and O–H groups in total. The summed E-state index contributed by atoms with van der Waals surface area (Å²) in [6.45, 7) is 6.99. The minimum Gasteiger partial charge on any atom is -0.393 e. The van der Waals surface area contributed by atoms with Gasteiger partial charge in [0.2, 0.25) is 0 Å². The van der Waals surface area contributed by atoms with Crippen molar-refractivity contribution in [1.29, 1.82) is 0 Å². The van der Waals surface area contributed by atoms with Gasteiger partial charge in [0.05, 0.1) is 6.10 Å². The van der Waals surface area contributed by atoms with Crippen LogP contribution in [0.15, 0.2) is 0 Å². The van der Waals surface area contributed by atoms with Crippen LogP contribution in [-0.2, 0) is 0 Å². The van der Waals surface area contributed by atoms with Gasteiger partial charge in [-0.25, -0.2) is 0 Å². The van der Waals surface area contributed by atoms with E-state index in [0.29, 0.717) is 11.5 Å². The lowest BCUT2D eigenvalue weighted by molar-refractivity contribution is -0.0265.